The number of hydrogen-bond donors (Lipinski definition) is 1. The van der Waals surface area contributed by atoms with Gasteiger partial charge < -0.3 is 14.9 Å². The zero-order chi connectivity index (χ0) is 14.7. The van der Waals surface area contributed by atoms with E-state index >= 15 is 0 Å². The second kappa shape index (κ2) is 5.76. The van der Waals surface area contributed by atoms with Crippen LogP contribution in [0.2, 0.25) is 0 Å². The van der Waals surface area contributed by atoms with Crippen LogP contribution in [0, 0.1) is 11.3 Å². The Kier molecular flexibility index (Phi) is 3.65. The SMILES string of the molecule is N#Cc1ccc(N2CCN(c3ccc(O)cc3)CC2)cc1. The zero-order valence-corrected chi connectivity index (χ0v) is 11.7. The van der Waals surface area contributed by atoms with Crippen molar-refractivity contribution in [2.24, 2.45) is 0 Å². The maximum atomic E-state index is 9.34. The third kappa shape index (κ3) is 2.92. The quantitative estimate of drug-likeness (QED) is 0.918. The van der Waals surface area contributed by atoms with Gasteiger partial charge in [0.15, 0.2) is 0 Å². The molecule has 1 heterocycles. The molecule has 21 heavy (non-hydrogen) atoms. The number of nitriles is 1. The highest BCUT2D eigenvalue weighted by Crippen LogP contribution is 2.22. The van der Waals surface area contributed by atoms with E-state index in [-0.39, 0.29) is 0 Å². The first kappa shape index (κ1) is 13.3. The average Bonchev–Trinajstić information content (AvgIpc) is 2.56. The van der Waals surface area contributed by atoms with Crippen molar-refractivity contribution in [3.8, 4) is 11.8 Å². The molecule has 2 aromatic carbocycles. The van der Waals surface area contributed by atoms with Gasteiger partial charge in [-0.05, 0) is 48.5 Å². The number of phenols is 1. The summed E-state index contributed by atoms with van der Waals surface area (Å²) in [4.78, 5) is 4.65. The van der Waals surface area contributed by atoms with E-state index in [4.69, 9.17) is 5.26 Å². The summed E-state index contributed by atoms with van der Waals surface area (Å²) in [6.07, 6.45) is 0. The highest BCUT2D eigenvalue weighted by atomic mass is 16.3. The van der Waals surface area contributed by atoms with Gasteiger partial charge >= 0.3 is 0 Å². The molecule has 1 N–H and O–H groups in total. The van der Waals surface area contributed by atoms with Crippen LogP contribution < -0.4 is 9.80 Å². The van der Waals surface area contributed by atoms with Crippen molar-refractivity contribution in [2.45, 2.75) is 0 Å². The predicted molar refractivity (Wildman–Crippen MR) is 83.7 cm³/mol. The first-order valence-corrected chi connectivity index (χ1v) is 7.05. The molecule has 0 atom stereocenters. The lowest BCUT2D eigenvalue weighted by Gasteiger charge is -2.37. The van der Waals surface area contributed by atoms with E-state index in [2.05, 4.69) is 15.9 Å². The van der Waals surface area contributed by atoms with Gasteiger partial charge in [-0.2, -0.15) is 5.26 Å². The summed E-state index contributed by atoms with van der Waals surface area (Å²) in [5, 5.41) is 18.2. The third-order valence-corrected chi connectivity index (χ3v) is 3.86. The molecule has 1 aliphatic rings. The fourth-order valence-corrected chi connectivity index (χ4v) is 2.63. The molecule has 0 amide bonds. The molecular weight excluding hydrogens is 262 g/mol. The average molecular weight is 279 g/mol. The summed E-state index contributed by atoms with van der Waals surface area (Å²) in [7, 11) is 0. The number of anilines is 2. The molecule has 1 fully saturated rings. The van der Waals surface area contributed by atoms with Crippen LogP contribution in [0.4, 0.5) is 11.4 Å². The fraction of sp³-hybridized carbons (Fsp3) is 0.235. The van der Waals surface area contributed by atoms with Gasteiger partial charge in [-0.15, -0.1) is 0 Å². The Morgan fingerprint density at radius 3 is 1.62 bits per heavy atom. The summed E-state index contributed by atoms with van der Waals surface area (Å²) in [5.74, 6) is 0.301. The van der Waals surface area contributed by atoms with E-state index in [1.165, 1.54) is 5.69 Å². The van der Waals surface area contributed by atoms with E-state index in [0.29, 0.717) is 11.3 Å². The molecule has 0 unspecified atom stereocenters. The maximum absolute atomic E-state index is 9.34. The molecule has 2 aromatic rings. The van der Waals surface area contributed by atoms with Gasteiger partial charge in [0.2, 0.25) is 0 Å². The number of rotatable bonds is 2. The van der Waals surface area contributed by atoms with E-state index < -0.39 is 0 Å². The van der Waals surface area contributed by atoms with Crippen molar-refractivity contribution in [2.75, 3.05) is 36.0 Å². The summed E-state index contributed by atoms with van der Waals surface area (Å²) in [5.41, 5.74) is 3.01. The lowest BCUT2D eigenvalue weighted by atomic mass is 10.2. The third-order valence-electron chi connectivity index (χ3n) is 3.86. The first-order valence-electron chi connectivity index (χ1n) is 7.05. The van der Waals surface area contributed by atoms with E-state index in [0.717, 1.165) is 31.9 Å². The van der Waals surface area contributed by atoms with E-state index in [9.17, 15) is 5.11 Å². The number of piperazine rings is 1. The molecule has 1 saturated heterocycles. The van der Waals surface area contributed by atoms with Gasteiger partial charge in [-0.3, -0.25) is 0 Å². The van der Waals surface area contributed by atoms with Crippen molar-refractivity contribution >= 4 is 11.4 Å². The minimum atomic E-state index is 0.301. The number of phenolic OH excluding ortho intramolecular Hbond substituents is 1. The first-order chi connectivity index (χ1) is 10.3. The number of nitrogens with zero attached hydrogens (tertiary/aromatic N) is 3. The van der Waals surface area contributed by atoms with Gasteiger partial charge in [-0.25, -0.2) is 0 Å². The van der Waals surface area contributed by atoms with Crippen LogP contribution in [0.5, 0.6) is 5.75 Å². The Hall–Kier alpha value is -2.67. The summed E-state index contributed by atoms with van der Waals surface area (Å²) < 4.78 is 0. The van der Waals surface area contributed by atoms with Gasteiger partial charge in [0.05, 0.1) is 11.6 Å². The molecule has 0 saturated carbocycles. The van der Waals surface area contributed by atoms with Gasteiger partial charge in [0.1, 0.15) is 5.75 Å². The molecule has 0 aromatic heterocycles. The van der Waals surface area contributed by atoms with E-state index in [1.807, 2.05) is 36.4 Å². The molecule has 106 valence electrons. The molecule has 0 bridgehead atoms. The van der Waals surface area contributed by atoms with Crippen LogP contribution in [0.25, 0.3) is 0 Å². The zero-order valence-electron chi connectivity index (χ0n) is 11.7. The molecule has 4 heteroatoms. The molecule has 0 radical (unpaired) electrons. The Balaban J connectivity index is 1.64. The van der Waals surface area contributed by atoms with Gasteiger partial charge in [0, 0.05) is 37.6 Å². The molecule has 0 spiro atoms. The Labute approximate surface area is 124 Å². The Morgan fingerprint density at radius 1 is 0.762 bits per heavy atom. The lowest BCUT2D eigenvalue weighted by Crippen LogP contribution is -2.46. The highest BCUT2D eigenvalue weighted by Gasteiger charge is 2.17. The van der Waals surface area contributed by atoms with Crippen LogP contribution in [0.15, 0.2) is 48.5 Å². The smallest absolute Gasteiger partial charge is 0.115 e. The predicted octanol–water partition coefficient (Wildman–Crippen LogP) is 2.59. The summed E-state index contributed by atoms with van der Waals surface area (Å²) in [6.45, 7) is 3.80. The topological polar surface area (TPSA) is 50.5 Å². The van der Waals surface area contributed by atoms with Crippen molar-refractivity contribution < 1.29 is 5.11 Å². The van der Waals surface area contributed by atoms with Crippen LogP contribution in [0.1, 0.15) is 5.56 Å². The summed E-state index contributed by atoms with van der Waals surface area (Å²) in [6, 6.07) is 17.2. The van der Waals surface area contributed by atoms with Crippen LogP contribution in [-0.4, -0.2) is 31.3 Å². The molecule has 1 aliphatic heterocycles. The molecular formula is C17H17N3O. The van der Waals surface area contributed by atoms with Crippen LogP contribution >= 0.6 is 0 Å². The Morgan fingerprint density at radius 2 is 1.19 bits per heavy atom. The fourth-order valence-electron chi connectivity index (χ4n) is 2.63. The molecule has 4 nitrogen and oxygen atoms in total. The largest absolute Gasteiger partial charge is 0.508 e. The second-order valence-corrected chi connectivity index (χ2v) is 5.15. The molecule has 0 aliphatic carbocycles. The van der Waals surface area contributed by atoms with E-state index in [1.54, 1.807) is 12.1 Å². The van der Waals surface area contributed by atoms with Crippen LogP contribution in [-0.2, 0) is 0 Å². The normalized spacial score (nSPS) is 14.8. The highest BCUT2D eigenvalue weighted by molar-refractivity contribution is 5.54. The minimum absolute atomic E-state index is 0.301. The number of benzene rings is 2. The van der Waals surface area contributed by atoms with Crippen molar-refractivity contribution in [1.29, 1.82) is 5.26 Å². The number of aromatic hydroxyl groups is 1. The second-order valence-electron chi connectivity index (χ2n) is 5.15. The Bertz CT molecular complexity index is 635. The molecule has 3 rings (SSSR count). The van der Waals surface area contributed by atoms with Crippen molar-refractivity contribution in [3.63, 3.8) is 0 Å². The lowest BCUT2D eigenvalue weighted by molar-refractivity contribution is 0.475. The van der Waals surface area contributed by atoms with Gasteiger partial charge in [0.25, 0.3) is 0 Å². The monoisotopic (exact) mass is 279 g/mol. The maximum Gasteiger partial charge on any atom is 0.115 e. The van der Waals surface area contributed by atoms with Crippen molar-refractivity contribution in [1.82, 2.24) is 0 Å². The minimum Gasteiger partial charge on any atom is -0.508 e. The number of hydrogen-bond acceptors (Lipinski definition) is 4. The standard InChI is InChI=1S/C17H17N3O/c18-13-14-1-3-15(4-2-14)19-9-11-20(12-10-19)16-5-7-17(21)8-6-16/h1-8,21H,9-12H2. The van der Waals surface area contributed by atoms with Crippen molar-refractivity contribution in [3.05, 3.63) is 54.1 Å². The van der Waals surface area contributed by atoms with Crippen LogP contribution in [0.3, 0.4) is 0 Å². The summed E-state index contributed by atoms with van der Waals surface area (Å²) >= 11 is 0. The van der Waals surface area contributed by atoms with Gasteiger partial charge in [-0.1, -0.05) is 0 Å².